The van der Waals surface area contributed by atoms with E-state index in [1.807, 2.05) is 0 Å². The van der Waals surface area contributed by atoms with E-state index in [0.717, 1.165) is 19.5 Å². The second-order valence-electron chi connectivity index (χ2n) is 6.55. The fraction of sp³-hybridized carbons (Fsp3) is 0.684. The number of rotatable bonds is 8. The molecule has 0 aromatic rings. The van der Waals surface area contributed by atoms with Crippen LogP contribution in [0.25, 0.3) is 0 Å². The molecule has 1 N–H and O–H groups in total. The van der Waals surface area contributed by atoms with Crippen LogP contribution in [0.15, 0.2) is 36.0 Å². The van der Waals surface area contributed by atoms with E-state index < -0.39 is 0 Å². The summed E-state index contributed by atoms with van der Waals surface area (Å²) in [5.74, 6) is 0. The first kappa shape index (κ1) is 17.5. The molecule has 3 heteroatoms. The van der Waals surface area contributed by atoms with Crippen LogP contribution >= 0.6 is 0 Å². The van der Waals surface area contributed by atoms with E-state index >= 15 is 0 Å². The Hall–Kier alpha value is -0.900. The minimum Gasteiger partial charge on any atom is -0.315 e. The lowest BCUT2D eigenvalue weighted by Crippen LogP contribution is -2.55. The van der Waals surface area contributed by atoms with Gasteiger partial charge in [-0.1, -0.05) is 37.3 Å². The summed E-state index contributed by atoms with van der Waals surface area (Å²) in [6.45, 7) is 9.35. The largest absolute Gasteiger partial charge is 0.315 e. The van der Waals surface area contributed by atoms with Gasteiger partial charge in [-0.3, -0.25) is 4.90 Å². The minimum absolute atomic E-state index is 0.667. The summed E-state index contributed by atoms with van der Waals surface area (Å²) in [6.07, 6.45) is 16.0. The van der Waals surface area contributed by atoms with Crippen molar-refractivity contribution in [3.05, 3.63) is 36.0 Å². The van der Waals surface area contributed by atoms with E-state index in [1.165, 1.54) is 51.0 Å². The van der Waals surface area contributed by atoms with E-state index in [4.69, 9.17) is 0 Å². The van der Waals surface area contributed by atoms with Crippen molar-refractivity contribution in [2.24, 2.45) is 0 Å². The number of allylic oxidation sites excluding steroid dienone is 6. The van der Waals surface area contributed by atoms with Crippen molar-refractivity contribution in [3.63, 3.8) is 0 Å². The molecule has 2 rings (SSSR count). The van der Waals surface area contributed by atoms with Crippen molar-refractivity contribution in [2.75, 3.05) is 46.3 Å². The van der Waals surface area contributed by atoms with Crippen LogP contribution in [-0.2, 0) is 0 Å². The topological polar surface area (TPSA) is 18.5 Å². The molecule has 0 aromatic carbocycles. The third-order valence-corrected chi connectivity index (χ3v) is 4.66. The van der Waals surface area contributed by atoms with Crippen LogP contribution in [-0.4, -0.2) is 62.2 Å². The summed E-state index contributed by atoms with van der Waals surface area (Å²) in [4.78, 5) is 5.16. The number of nitrogens with one attached hydrogen (secondary N) is 1. The van der Waals surface area contributed by atoms with Crippen molar-refractivity contribution in [1.82, 2.24) is 15.1 Å². The molecule has 2 aliphatic rings. The van der Waals surface area contributed by atoms with Crippen LogP contribution in [0.3, 0.4) is 0 Å². The van der Waals surface area contributed by atoms with Gasteiger partial charge in [0.1, 0.15) is 0 Å². The molecule has 0 radical (unpaired) electrons. The third kappa shape index (κ3) is 6.07. The Balaban J connectivity index is 1.69. The van der Waals surface area contributed by atoms with Crippen molar-refractivity contribution in [1.29, 1.82) is 0 Å². The summed E-state index contributed by atoms with van der Waals surface area (Å²) < 4.78 is 0. The number of hydrogen-bond donors (Lipinski definition) is 1. The third-order valence-electron chi connectivity index (χ3n) is 4.66. The number of piperazine rings is 1. The average Bonchev–Trinajstić information content (AvgIpc) is 2.79. The summed E-state index contributed by atoms with van der Waals surface area (Å²) >= 11 is 0. The second-order valence-corrected chi connectivity index (χ2v) is 6.55. The van der Waals surface area contributed by atoms with Crippen LogP contribution in [0.1, 0.15) is 32.6 Å². The van der Waals surface area contributed by atoms with Crippen LogP contribution in [0, 0.1) is 0 Å². The Morgan fingerprint density at radius 1 is 1.27 bits per heavy atom. The molecule has 3 nitrogen and oxygen atoms in total. The van der Waals surface area contributed by atoms with Crippen LogP contribution < -0.4 is 5.32 Å². The van der Waals surface area contributed by atoms with Crippen LogP contribution in [0.2, 0.25) is 0 Å². The molecule has 0 aromatic heterocycles. The number of hydrogen-bond acceptors (Lipinski definition) is 3. The van der Waals surface area contributed by atoms with E-state index in [-0.39, 0.29) is 0 Å². The van der Waals surface area contributed by atoms with Crippen LogP contribution in [0.4, 0.5) is 0 Å². The maximum atomic E-state index is 3.58. The van der Waals surface area contributed by atoms with Gasteiger partial charge in [0.05, 0.1) is 0 Å². The number of nitrogens with zero attached hydrogens (tertiary/aromatic N) is 2. The monoisotopic (exact) mass is 303 g/mol. The number of likely N-dealkylation sites (N-methyl/N-ethyl adjacent to an activating group) is 1. The zero-order valence-electron chi connectivity index (χ0n) is 14.4. The van der Waals surface area contributed by atoms with Gasteiger partial charge in [0, 0.05) is 32.2 Å². The van der Waals surface area contributed by atoms with Gasteiger partial charge in [0.2, 0.25) is 0 Å². The van der Waals surface area contributed by atoms with Gasteiger partial charge in [-0.05, 0) is 51.4 Å². The molecule has 1 fully saturated rings. The normalized spacial score (nSPS) is 23.5. The molecule has 1 heterocycles. The van der Waals surface area contributed by atoms with E-state index in [1.54, 1.807) is 0 Å². The lowest BCUT2D eigenvalue weighted by atomic mass is 10.1. The lowest BCUT2D eigenvalue weighted by molar-refractivity contribution is 0.0942. The van der Waals surface area contributed by atoms with Gasteiger partial charge in [0.25, 0.3) is 0 Å². The van der Waals surface area contributed by atoms with E-state index in [0.29, 0.717) is 6.04 Å². The summed E-state index contributed by atoms with van der Waals surface area (Å²) in [5.41, 5.74) is 1.48. The smallest absolute Gasteiger partial charge is 0.0345 e. The SMILES string of the molecule is CCCNCC1CN(CCCC2=CC=CCC=C2)CCN1C. The molecule has 0 bridgehead atoms. The zero-order chi connectivity index (χ0) is 15.6. The van der Waals surface area contributed by atoms with Crippen LogP contribution in [0.5, 0.6) is 0 Å². The Labute approximate surface area is 136 Å². The summed E-state index contributed by atoms with van der Waals surface area (Å²) in [6, 6.07) is 0.667. The van der Waals surface area contributed by atoms with E-state index in [2.05, 4.69) is 59.5 Å². The van der Waals surface area contributed by atoms with Gasteiger partial charge in [0.15, 0.2) is 0 Å². The Morgan fingerprint density at radius 3 is 3.05 bits per heavy atom. The van der Waals surface area contributed by atoms with E-state index in [9.17, 15) is 0 Å². The standard InChI is InChI=1S/C19H33N3/c1-3-12-20-16-19-17-22(15-14-21(19)2)13-8-11-18-9-6-4-5-7-10-18/h4,6-7,9-10,19-20H,3,5,8,11-17H2,1-2H3. The molecular formula is C19H33N3. The van der Waals surface area contributed by atoms with Crippen molar-refractivity contribution in [3.8, 4) is 0 Å². The van der Waals surface area contributed by atoms with Crippen molar-refractivity contribution in [2.45, 2.75) is 38.6 Å². The minimum atomic E-state index is 0.667. The average molecular weight is 303 g/mol. The quantitative estimate of drug-likeness (QED) is 0.696. The highest BCUT2D eigenvalue weighted by atomic mass is 15.3. The van der Waals surface area contributed by atoms with Gasteiger partial charge >= 0.3 is 0 Å². The highest BCUT2D eigenvalue weighted by Gasteiger charge is 2.23. The molecule has 22 heavy (non-hydrogen) atoms. The zero-order valence-corrected chi connectivity index (χ0v) is 14.4. The molecule has 0 amide bonds. The molecule has 1 unspecified atom stereocenters. The highest BCUT2D eigenvalue weighted by Crippen LogP contribution is 2.13. The molecule has 124 valence electrons. The maximum absolute atomic E-state index is 3.58. The Kier molecular flexibility index (Phi) is 7.92. The Morgan fingerprint density at radius 2 is 2.18 bits per heavy atom. The first-order valence-corrected chi connectivity index (χ1v) is 8.95. The Bertz CT molecular complexity index is 397. The maximum Gasteiger partial charge on any atom is 0.0345 e. The molecule has 0 spiro atoms. The van der Waals surface area contributed by atoms with Gasteiger partial charge in [-0.25, -0.2) is 0 Å². The molecule has 1 saturated heterocycles. The molecule has 1 aliphatic heterocycles. The van der Waals surface area contributed by atoms with Gasteiger partial charge in [-0.15, -0.1) is 0 Å². The molecule has 0 saturated carbocycles. The highest BCUT2D eigenvalue weighted by molar-refractivity contribution is 5.27. The van der Waals surface area contributed by atoms with Crippen molar-refractivity contribution >= 4 is 0 Å². The first-order chi connectivity index (χ1) is 10.8. The fourth-order valence-electron chi connectivity index (χ4n) is 3.18. The summed E-state index contributed by atoms with van der Waals surface area (Å²) in [7, 11) is 2.27. The molecule has 1 aliphatic carbocycles. The molecule has 1 atom stereocenters. The summed E-state index contributed by atoms with van der Waals surface area (Å²) in [5, 5.41) is 3.58. The predicted molar refractivity (Wildman–Crippen MR) is 96.2 cm³/mol. The van der Waals surface area contributed by atoms with Crippen molar-refractivity contribution < 1.29 is 0 Å². The second kappa shape index (κ2) is 9.98. The van der Waals surface area contributed by atoms with Gasteiger partial charge in [-0.2, -0.15) is 0 Å². The first-order valence-electron chi connectivity index (χ1n) is 8.95. The predicted octanol–water partition coefficient (Wildman–Crippen LogP) is 2.82. The lowest BCUT2D eigenvalue weighted by Gasteiger charge is -2.39. The fourth-order valence-corrected chi connectivity index (χ4v) is 3.18. The molecular weight excluding hydrogens is 270 g/mol. The van der Waals surface area contributed by atoms with Gasteiger partial charge < -0.3 is 10.2 Å².